The second-order valence-electron chi connectivity index (χ2n) is 5.80. The van der Waals surface area contributed by atoms with Crippen LogP contribution in [-0.4, -0.2) is 56.8 Å². The van der Waals surface area contributed by atoms with Crippen LogP contribution in [0.3, 0.4) is 0 Å². The van der Waals surface area contributed by atoms with Crippen molar-refractivity contribution in [2.75, 3.05) is 26.2 Å². The van der Waals surface area contributed by atoms with Crippen LogP contribution in [-0.2, 0) is 6.67 Å². The predicted octanol–water partition coefficient (Wildman–Crippen LogP) is -0.450. The molecule has 0 unspecified atom stereocenters. The van der Waals surface area contributed by atoms with Gasteiger partial charge in [-0.25, -0.2) is 4.79 Å². The molecular weight excluding hydrogens is 360 g/mol. The molecule has 1 saturated heterocycles. The third-order valence-corrected chi connectivity index (χ3v) is 5.92. The molecule has 10 heteroatoms. The summed E-state index contributed by atoms with van der Waals surface area (Å²) in [6, 6.07) is 7.46. The number of nitrogens with zero attached hydrogens (tertiary/aromatic N) is 5. The number of piperazine rings is 1. The second-order valence-corrected chi connectivity index (χ2v) is 7.68. The molecule has 1 fully saturated rings. The first kappa shape index (κ1) is 16.2. The van der Waals surface area contributed by atoms with E-state index in [9.17, 15) is 9.59 Å². The number of thiophene rings is 2. The van der Waals surface area contributed by atoms with E-state index in [0.29, 0.717) is 19.8 Å². The molecule has 4 rings (SSSR count). The quantitative estimate of drug-likeness (QED) is 0.668. The van der Waals surface area contributed by atoms with Crippen LogP contribution in [0.5, 0.6) is 0 Å². The summed E-state index contributed by atoms with van der Waals surface area (Å²) < 4.78 is 2.71. The molecule has 1 aliphatic rings. The molecule has 0 saturated carbocycles. The van der Waals surface area contributed by atoms with Gasteiger partial charge in [0.1, 0.15) is 5.00 Å². The maximum atomic E-state index is 12.4. The van der Waals surface area contributed by atoms with Gasteiger partial charge in [-0.3, -0.25) is 4.79 Å². The highest BCUT2D eigenvalue weighted by Gasteiger charge is 2.26. The minimum Gasteiger partial charge on any atom is -0.327 e. The number of tetrazole rings is 1. The highest BCUT2D eigenvalue weighted by molar-refractivity contribution is 7.12. The summed E-state index contributed by atoms with van der Waals surface area (Å²) in [7, 11) is 0. The van der Waals surface area contributed by atoms with Crippen LogP contribution in [0.4, 0.5) is 0 Å². The Hall–Kier alpha value is -2.30. The molecule has 0 radical (unpaired) electrons. The van der Waals surface area contributed by atoms with E-state index in [4.69, 9.17) is 0 Å². The molecule has 0 bridgehead atoms. The van der Waals surface area contributed by atoms with Crippen molar-refractivity contribution in [3.05, 3.63) is 50.4 Å². The van der Waals surface area contributed by atoms with Crippen molar-refractivity contribution >= 4 is 28.6 Å². The van der Waals surface area contributed by atoms with Crippen molar-refractivity contribution in [2.45, 2.75) is 6.67 Å². The van der Waals surface area contributed by atoms with E-state index in [2.05, 4.69) is 10.4 Å². The zero-order chi connectivity index (χ0) is 17.2. The molecule has 0 aliphatic carbocycles. The van der Waals surface area contributed by atoms with Crippen LogP contribution in [0.2, 0.25) is 0 Å². The van der Waals surface area contributed by atoms with E-state index >= 15 is 0 Å². The van der Waals surface area contributed by atoms with Crippen molar-refractivity contribution in [3.8, 4) is 5.00 Å². The Morgan fingerprint density at radius 3 is 2.56 bits per heavy atom. The molecule has 0 atom stereocenters. The molecule has 1 aliphatic heterocycles. The molecule has 3 aromatic rings. The van der Waals surface area contributed by atoms with Gasteiger partial charge in [0, 0.05) is 0 Å². The molecule has 3 aromatic heterocycles. The first-order valence-corrected chi connectivity index (χ1v) is 9.71. The van der Waals surface area contributed by atoms with Crippen LogP contribution in [0.15, 0.2) is 39.8 Å². The van der Waals surface area contributed by atoms with Gasteiger partial charge in [-0.05, 0) is 39.4 Å². The Bertz CT molecular complexity index is 891. The van der Waals surface area contributed by atoms with Gasteiger partial charge in [0.15, 0.2) is 6.67 Å². The van der Waals surface area contributed by atoms with Gasteiger partial charge in [0.2, 0.25) is 0 Å². The number of carbonyl (C=O) groups excluding carboxylic acids is 1. The average molecular weight is 377 g/mol. The van der Waals surface area contributed by atoms with E-state index in [1.165, 1.54) is 36.9 Å². The summed E-state index contributed by atoms with van der Waals surface area (Å²) in [6.45, 7) is 3.40. The van der Waals surface area contributed by atoms with Crippen LogP contribution in [0.25, 0.3) is 5.00 Å². The largest absolute Gasteiger partial charge is 0.374 e. The van der Waals surface area contributed by atoms with Crippen molar-refractivity contribution in [1.29, 1.82) is 0 Å². The Morgan fingerprint density at radius 1 is 1.12 bits per heavy atom. The first-order valence-electron chi connectivity index (χ1n) is 7.95. The van der Waals surface area contributed by atoms with E-state index < -0.39 is 0 Å². The third kappa shape index (κ3) is 3.28. The van der Waals surface area contributed by atoms with Gasteiger partial charge < -0.3 is 9.80 Å². The maximum absolute atomic E-state index is 12.4. The minimum atomic E-state index is -0.230. The molecule has 1 N–H and O–H groups in total. The molecule has 25 heavy (non-hydrogen) atoms. The van der Waals surface area contributed by atoms with Gasteiger partial charge in [0.25, 0.3) is 5.91 Å². The van der Waals surface area contributed by atoms with Crippen LogP contribution >= 0.6 is 22.7 Å². The number of hydrogen-bond donors (Lipinski definition) is 1. The Kier molecular flexibility index (Phi) is 4.47. The monoisotopic (exact) mass is 377 g/mol. The highest BCUT2D eigenvalue weighted by Crippen LogP contribution is 2.12. The SMILES string of the molecule is O=C(c1cccs1)N1CC[NH+](Cn2nnn(-c3cccs3)c2=O)CC1. The molecule has 130 valence electrons. The summed E-state index contributed by atoms with van der Waals surface area (Å²) in [4.78, 5) is 28.6. The number of amides is 1. The lowest BCUT2D eigenvalue weighted by Gasteiger charge is -2.31. The van der Waals surface area contributed by atoms with Crippen molar-refractivity contribution < 1.29 is 9.69 Å². The lowest BCUT2D eigenvalue weighted by atomic mass is 10.3. The highest BCUT2D eigenvalue weighted by atomic mass is 32.1. The summed E-state index contributed by atoms with van der Waals surface area (Å²) in [5.41, 5.74) is -0.230. The fourth-order valence-corrected chi connectivity index (χ4v) is 4.21. The topological polar surface area (TPSA) is 77.5 Å². The summed E-state index contributed by atoms with van der Waals surface area (Å²) >= 11 is 2.92. The fourth-order valence-electron chi connectivity index (χ4n) is 2.85. The molecule has 8 nitrogen and oxygen atoms in total. The smallest absolute Gasteiger partial charge is 0.327 e. The normalized spacial score (nSPS) is 15.6. The van der Waals surface area contributed by atoms with Crippen molar-refractivity contribution in [2.24, 2.45) is 0 Å². The van der Waals surface area contributed by atoms with Crippen LogP contribution in [0.1, 0.15) is 9.67 Å². The van der Waals surface area contributed by atoms with Gasteiger partial charge in [-0.1, -0.05) is 6.07 Å². The van der Waals surface area contributed by atoms with Crippen LogP contribution < -0.4 is 10.6 Å². The summed E-state index contributed by atoms with van der Waals surface area (Å²) in [6.07, 6.45) is 0. The lowest BCUT2D eigenvalue weighted by molar-refractivity contribution is -0.927. The summed E-state index contributed by atoms with van der Waals surface area (Å²) in [5, 5.41) is 12.5. The van der Waals surface area contributed by atoms with Crippen LogP contribution in [0, 0.1) is 0 Å². The van der Waals surface area contributed by atoms with E-state index in [1.54, 1.807) is 0 Å². The fraction of sp³-hybridized carbons (Fsp3) is 0.333. The van der Waals surface area contributed by atoms with Gasteiger partial charge in [-0.15, -0.1) is 32.0 Å². The maximum Gasteiger partial charge on any atom is 0.374 e. The molecule has 4 heterocycles. The average Bonchev–Trinajstić information content (AvgIpc) is 3.38. The van der Waals surface area contributed by atoms with Crippen molar-refractivity contribution in [3.63, 3.8) is 0 Å². The van der Waals surface area contributed by atoms with Gasteiger partial charge in [0.05, 0.1) is 31.1 Å². The minimum absolute atomic E-state index is 0.0925. The Balaban J connectivity index is 1.38. The standard InChI is InChI=1S/C15H16N6O2S2/c22-14(12-3-1-9-24-12)19-7-5-18(6-8-19)11-20-15(23)21(17-16-20)13-4-2-10-25-13/h1-4,9-10H,5-8,11H2/p+1. The molecule has 1 amide bonds. The summed E-state index contributed by atoms with van der Waals surface area (Å²) in [5.74, 6) is 0.0925. The Morgan fingerprint density at radius 2 is 1.88 bits per heavy atom. The molecule has 0 aromatic carbocycles. The molecule has 0 spiro atoms. The zero-order valence-electron chi connectivity index (χ0n) is 13.4. The molecular formula is C15H17N6O2S2+. The van der Waals surface area contributed by atoms with E-state index in [0.717, 1.165) is 23.0 Å². The zero-order valence-corrected chi connectivity index (χ0v) is 15.0. The number of carbonyl (C=O) groups is 1. The van der Waals surface area contributed by atoms with Gasteiger partial charge >= 0.3 is 5.69 Å². The predicted molar refractivity (Wildman–Crippen MR) is 94.4 cm³/mol. The first-order chi connectivity index (χ1) is 12.2. The number of rotatable bonds is 4. The number of nitrogens with one attached hydrogen (secondary N) is 1. The third-order valence-electron chi connectivity index (χ3n) is 4.22. The Labute approximate surface area is 151 Å². The van der Waals surface area contributed by atoms with Gasteiger partial charge in [-0.2, -0.15) is 0 Å². The second kappa shape index (κ2) is 6.90. The number of quaternary nitrogens is 1. The number of aromatic nitrogens is 4. The van der Waals surface area contributed by atoms with E-state index in [1.807, 2.05) is 39.9 Å². The van der Waals surface area contributed by atoms with E-state index in [-0.39, 0.29) is 11.6 Å². The van der Waals surface area contributed by atoms with Crippen molar-refractivity contribution in [1.82, 2.24) is 24.7 Å². The number of hydrogen-bond acceptors (Lipinski definition) is 6. The lowest BCUT2D eigenvalue weighted by Crippen LogP contribution is -3.14.